The van der Waals surface area contributed by atoms with Crippen LogP contribution in [0.2, 0.25) is 0 Å². The van der Waals surface area contributed by atoms with Crippen LogP contribution in [-0.2, 0) is 25.5 Å². The summed E-state index contributed by atoms with van der Waals surface area (Å²) in [5, 5.41) is 5.20. The van der Waals surface area contributed by atoms with Crippen LogP contribution in [0.5, 0.6) is 0 Å². The van der Waals surface area contributed by atoms with Gasteiger partial charge in [0.25, 0.3) is 0 Å². The fourth-order valence-electron chi connectivity index (χ4n) is 2.52. The lowest BCUT2D eigenvalue weighted by atomic mass is 10.0. The van der Waals surface area contributed by atoms with Crippen LogP contribution in [0.1, 0.15) is 23.6 Å². The van der Waals surface area contributed by atoms with Gasteiger partial charge in [-0.05, 0) is 35.4 Å². The fourth-order valence-corrected chi connectivity index (χ4v) is 2.78. The normalized spacial score (nSPS) is 11.4. The third kappa shape index (κ3) is 7.11. The molecule has 2 aromatic carbocycles. The second kappa shape index (κ2) is 10.6. The minimum Gasteiger partial charge on any atom is -0.469 e. The Morgan fingerprint density at radius 1 is 1.11 bits per heavy atom. The van der Waals surface area contributed by atoms with Crippen molar-refractivity contribution in [1.82, 2.24) is 10.6 Å². The van der Waals surface area contributed by atoms with Crippen molar-refractivity contribution in [2.45, 2.75) is 18.9 Å². The van der Waals surface area contributed by atoms with Gasteiger partial charge in [0, 0.05) is 4.47 Å². The maximum atomic E-state index is 13.2. The Morgan fingerprint density at radius 3 is 2.46 bits per heavy atom. The van der Waals surface area contributed by atoms with E-state index in [2.05, 4.69) is 31.3 Å². The Labute approximate surface area is 170 Å². The van der Waals surface area contributed by atoms with E-state index in [1.54, 1.807) is 30.3 Å². The summed E-state index contributed by atoms with van der Waals surface area (Å²) in [4.78, 5) is 35.8. The van der Waals surface area contributed by atoms with Crippen molar-refractivity contribution in [2.24, 2.45) is 0 Å². The summed E-state index contributed by atoms with van der Waals surface area (Å²) in [6.07, 6.45) is -0.0789. The Hall–Kier alpha value is -2.74. The lowest BCUT2D eigenvalue weighted by molar-refractivity contribution is -0.141. The number of ether oxygens (including phenoxy) is 1. The van der Waals surface area contributed by atoms with Gasteiger partial charge in [-0.3, -0.25) is 14.4 Å². The van der Waals surface area contributed by atoms with E-state index in [9.17, 15) is 18.8 Å². The lowest BCUT2D eigenvalue weighted by Crippen LogP contribution is -2.39. The van der Waals surface area contributed by atoms with Crippen molar-refractivity contribution in [1.29, 1.82) is 0 Å². The van der Waals surface area contributed by atoms with Crippen LogP contribution in [0.25, 0.3) is 0 Å². The first kappa shape index (κ1) is 21.6. The Morgan fingerprint density at radius 2 is 1.82 bits per heavy atom. The highest BCUT2D eigenvalue weighted by molar-refractivity contribution is 9.10. The molecule has 148 valence electrons. The first-order chi connectivity index (χ1) is 13.4. The van der Waals surface area contributed by atoms with Gasteiger partial charge in [0.2, 0.25) is 11.8 Å². The maximum Gasteiger partial charge on any atom is 0.307 e. The molecule has 2 amide bonds. The zero-order valence-corrected chi connectivity index (χ0v) is 16.8. The molecule has 0 aliphatic heterocycles. The average molecular weight is 451 g/mol. The summed E-state index contributed by atoms with van der Waals surface area (Å²) in [5.41, 5.74) is 1.24. The molecule has 0 aliphatic carbocycles. The zero-order chi connectivity index (χ0) is 20.5. The lowest BCUT2D eigenvalue weighted by Gasteiger charge is -2.18. The van der Waals surface area contributed by atoms with Gasteiger partial charge in [-0.15, -0.1) is 0 Å². The number of methoxy groups -OCH3 is 1. The SMILES string of the molecule is COC(=O)CC(NC(=O)CNC(=O)Cc1cccc(F)c1)c1ccc(Br)cc1. The van der Waals surface area contributed by atoms with Gasteiger partial charge in [0.05, 0.1) is 32.5 Å². The molecule has 0 aliphatic rings. The molecule has 0 saturated carbocycles. The van der Waals surface area contributed by atoms with Crippen LogP contribution in [0.3, 0.4) is 0 Å². The number of nitrogens with one attached hydrogen (secondary N) is 2. The predicted molar refractivity (Wildman–Crippen MR) is 105 cm³/mol. The number of benzene rings is 2. The molecule has 0 fully saturated rings. The molecule has 6 nitrogen and oxygen atoms in total. The highest BCUT2D eigenvalue weighted by Crippen LogP contribution is 2.20. The second-order valence-electron chi connectivity index (χ2n) is 6.04. The minimum absolute atomic E-state index is 0.0384. The smallest absolute Gasteiger partial charge is 0.307 e. The van der Waals surface area contributed by atoms with Gasteiger partial charge in [0.15, 0.2) is 0 Å². The molecule has 1 unspecified atom stereocenters. The molecular formula is C20H20BrFN2O4. The van der Waals surface area contributed by atoms with E-state index in [-0.39, 0.29) is 19.4 Å². The highest BCUT2D eigenvalue weighted by Gasteiger charge is 2.19. The first-order valence-corrected chi connectivity index (χ1v) is 9.29. The van der Waals surface area contributed by atoms with Crippen molar-refractivity contribution in [3.05, 3.63) is 69.9 Å². The van der Waals surface area contributed by atoms with E-state index >= 15 is 0 Å². The van der Waals surface area contributed by atoms with Crippen LogP contribution >= 0.6 is 15.9 Å². The molecule has 2 N–H and O–H groups in total. The summed E-state index contributed by atoms with van der Waals surface area (Å²) in [5.74, 6) is -1.76. The second-order valence-corrected chi connectivity index (χ2v) is 6.95. The summed E-state index contributed by atoms with van der Waals surface area (Å²) in [7, 11) is 1.27. The number of halogens is 2. The minimum atomic E-state index is -0.590. The largest absolute Gasteiger partial charge is 0.469 e. The molecule has 8 heteroatoms. The van der Waals surface area contributed by atoms with E-state index in [0.29, 0.717) is 5.56 Å². The molecule has 2 rings (SSSR count). The summed E-state index contributed by atoms with van der Waals surface area (Å²) in [6, 6.07) is 12.3. The maximum absolute atomic E-state index is 13.2. The first-order valence-electron chi connectivity index (χ1n) is 8.50. The molecule has 0 heterocycles. The van der Waals surface area contributed by atoms with Gasteiger partial charge in [-0.1, -0.05) is 40.2 Å². The van der Waals surface area contributed by atoms with Gasteiger partial charge < -0.3 is 15.4 Å². The van der Waals surface area contributed by atoms with Gasteiger partial charge in [-0.25, -0.2) is 4.39 Å². The van der Waals surface area contributed by atoms with Crippen LogP contribution in [0.4, 0.5) is 4.39 Å². The zero-order valence-electron chi connectivity index (χ0n) is 15.2. The number of esters is 1. The van der Waals surface area contributed by atoms with Crippen LogP contribution < -0.4 is 10.6 Å². The number of carbonyl (C=O) groups excluding carboxylic acids is 3. The molecule has 1 atom stereocenters. The highest BCUT2D eigenvalue weighted by atomic mass is 79.9. The van der Waals surface area contributed by atoms with Crippen LogP contribution in [0.15, 0.2) is 53.0 Å². The van der Waals surface area contributed by atoms with Gasteiger partial charge in [0.1, 0.15) is 5.82 Å². The molecule has 28 heavy (non-hydrogen) atoms. The number of hydrogen-bond acceptors (Lipinski definition) is 4. The predicted octanol–water partition coefficient (Wildman–Crippen LogP) is 2.67. The van der Waals surface area contributed by atoms with Crippen molar-refractivity contribution in [3.63, 3.8) is 0 Å². The van der Waals surface area contributed by atoms with E-state index in [4.69, 9.17) is 0 Å². The van der Waals surface area contributed by atoms with Gasteiger partial charge in [-0.2, -0.15) is 0 Å². The van der Waals surface area contributed by atoms with E-state index in [0.717, 1.165) is 10.0 Å². The monoisotopic (exact) mass is 450 g/mol. The quantitative estimate of drug-likeness (QED) is 0.605. The van der Waals surface area contributed by atoms with Crippen molar-refractivity contribution < 1.29 is 23.5 Å². The number of amides is 2. The molecule has 0 bridgehead atoms. The number of carbonyl (C=O) groups is 3. The summed E-state index contributed by atoms with van der Waals surface area (Å²) >= 11 is 3.33. The van der Waals surface area contributed by atoms with E-state index in [1.165, 1.54) is 25.3 Å². The Balaban J connectivity index is 1.92. The number of rotatable bonds is 8. The summed E-state index contributed by atoms with van der Waals surface area (Å²) in [6.45, 7) is -0.262. The van der Waals surface area contributed by atoms with Crippen molar-refractivity contribution in [2.75, 3.05) is 13.7 Å². The molecule has 2 aromatic rings. The average Bonchev–Trinajstić information content (AvgIpc) is 2.66. The van der Waals surface area contributed by atoms with Crippen LogP contribution in [-0.4, -0.2) is 31.4 Å². The van der Waals surface area contributed by atoms with Crippen molar-refractivity contribution in [3.8, 4) is 0 Å². The number of hydrogen-bond donors (Lipinski definition) is 2. The van der Waals surface area contributed by atoms with E-state index < -0.39 is 29.6 Å². The van der Waals surface area contributed by atoms with Crippen LogP contribution in [0, 0.1) is 5.82 Å². The topological polar surface area (TPSA) is 84.5 Å². The van der Waals surface area contributed by atoms with Gasteiger partial charge >= 0.3 is 5.97 Å². The molecule has 0 aromatic heterocycles. The standard InChI is InChI=1S/C20H20BrFN2O4/c1-28-20(27)11-17(14-5-7-15(21)8-6-14)24-19(26)12-23-18(25)10-13-3-2-4-16(22)9-13/h2-9,17H,10-12H2,1H3,(H,23,25)(H,24,26). The summed E-state index contributed by atoms with van der Waals surface area (Å²) < 4.78 is 18.7. The molecular weight excluding hydrogens is 431 g/mol. The van der Waals surface area contributed by atoms with E-state index in [1.807, 2.05) is 0 Å². The Bertz CT molecular complexity index is 842. The third-order valence-electron chi connectivity index (χ3n) is 3.91. The molecule has 0 saturated heterocycles. The van der Waals surface area contributed by atoms with Crippen molar-refractivity contribution >= 4 is 33.7 Å². The molecule has 0 radical (unpaired) electrons. The molecule has 0 spiro atoms. The Kier molecular flexibility index (Phi) is 8.13. The third-order valence-corrected chi connectivity index (χ3v) is 4.43. The fraction of sp³-hybridized carbons (Fsp3) is 0.250.